The van der Waals surface area contributed by atoms with Crippen LogP contribution in [0.5, 0.6) is 11.5 Å². The second-order valence-corrected chi connectivity index (χ2v) is 7.14. The van der Waals surface area contributed by atoms with Crippen LogP contribution in [0, 0.1) is 13.8 Å². The van der Waals surface area contributed by atoms with Gasteiger partial charge in [0.25, 0.3) is 0 Å². The molecule has 0 bridgehead atoms. The van der Waals surface area contributed by atoms with E-state index in [1.165, 1.54) is 0 Å². The highest BCUT2D eigenvalue weighted by Gasteiger charge is 2.34. The zero-order chi connectivity index (χ0) is 20.4. The van der Waals surface area contributed by atoms with Crippen molar-refractivity contribution in [3.8, 4) is 11.5 Å². The Balaban J connectivity index is 1.83. The number of amides is 2. The average Bonchev–Trinajstić information content (AvgIpc) is 3.01. The van der Waals surface area contributed by atoms with Crippen LogP contribution in [0.25, 0.3) is 0 Å². The number of aromatic nitrogens is 1. The second kappa shape index (κ2) is 7.96. The molecule has 28 heavy (non-hydrogen) atoms. The van der Waals surface area contributed by atoms with Gasteiger partial charge in [-0.05, 0) is 49.2 Å². The quantitative estimate of drug-likeness (QED) is 0.823. The molecule has 1 aromatic heterocycles. The molecule has 0 unspecified atom stereocenters. The van der Waals surface area contributed by atoms with Crippen LogP contribution in [0.3, 0.4) is 0 Å². The number of fused-ring (bicyclic) bond motifs is 1. The van der Waals surface area contributed by atoms with E-state index < -0.39 is 11.9 Å². The maximum absolute atomic E-state index is 13.0. The predicted molar refractivity (Wildman–Crippen MR) is 105 cm³/mol. The van der Waals surface area contributed by atoms with E-state index in [1.807, 2.05) is 38.1 Å². The lowest BCUT2D eigenvalue weighted by Gasteiger charge is -2.35. The van der Waals surface area contributed by atoms with Crippen molar-refractivity contribution in [3.05, 3.63) is 46.8 Å². The minimum atomic E-state index is -0.662. The maximum atomic E-state index is 13.0. The van der Waals surface area contributed by atoms with Crippen LogP contribution < -0.4 is 15.2 Å². The Morgan fingerprint density at radius 2 is 1.64 bits per heavy atom. The molecule has 0 saturated carbocycles. The summed E-state index contributed by atoms with van der Waals surface area (Å²) in [6.07, 6.45) is 0.682. The molecule has 1 aliphatic heterocycles. The first kappa shape index (κ1) is 19.8. The summed E-state index contributed by atoms with van der Waals surface area (Å²) in [6.45, 7) is 4.93. The van der Waals surface area contributed by atoms with Crippen molar-refractivity contribution < 1.29 is 19.1 Å². The molecule has 2 heterocycles. The molecule has 7 nitrogen and oxygen atoms in total. The van der Waals surface area contributed by atoms with E-state index in [-0.39, 0.29) is 5.91 Å². The molecule has 7 heteroatoms. The van der Waals surface area contributed by atoms with Gasteiger partial charge in [-0.1, -0.05) is 0 Å². The fourth-order valence-electron chi connectivity index (χ4n) is 3.83. The van der Waals surface area contributed by atoms with Gasteiger partial charge in [0.05, 0.1) is 14.2 Å². The summed E-state index contributed by atoms with van der Waals surface area (Å²) in [5.41, 5.74) is 9.73. The lowest BCUT2D eigenvalue weighted by Crippen LogP contribution is -2.51. The Bertz CT molecular complexity index is 884. The molecule has 1 aliphatic rings. The molecule has 0 aliphatic carbocycles. The lowest BCUT2D eigenvalue weighted by molar-refractivity contribution is -0.140. The first-order valence-corrected chi connectivity index (χ1v) is 9.31. The van der Waals surface area contributed by atoms with Crippen molar-refractivity contribution in [2.45, 2.75) is 45.8 Å². The van der Waals surface area contributed by atoms with Gasteiger partial charge in [-0.25, -0.2) is 0 Å². The smallest absolute Gasteiger partial charge is 0.240 e. The maximum Gasteiger partial charge on any atom is 0.240 e. The molecule has 2 N–H and O–H groups in total. The van der Waals surface area contributed by atoms with E-state index in [0.29, 0.717) is 37.4 Å². The number of methoxy groups -OCH3 is 2. The minimum absolute atomic E-state index is 0.0864. The van der Waals surface area contributed by atoms with Crippen molar-refractivity contribution in [1.82, 2.24) is 9.47 Å². The third kappa shape index (κ3) is 3.69. The Morgan fingerprint density at radius 3 is 2.18 bits per heavy atom. The van der Waals surface area contributed by atoms with E-state index in [9.17, 15) is 9.59 Å². The number of primary amides is 1. The highest BCUT2D eigenvalue weighted by Crippen LogP contribution is 2.35. The van der Waals surface area contributed by atoms with Gasteiger partial charge in [0.15, 0.2) is 11.5 Å². The summed E-state index contributed by atoms with van der Waals surface area (Å²) < 4.78 is 12.8. The van der Waals surface area contributed by atoms with Crippen LogP contribution in [-0.4, -0.2) is 41.5 Å². The number of ether oxygens (including phenoxy) is 2. The first-order chi connectivity index (χ1) is 13.3. The summed E-state index contributed by atoms with van der Waals surface area (Å²) >= 11 is 0. The number of carbonyl (C=O) groups excluding carboxylic acids is 2. The number of aryl methyl sites for hydroxylation is 2. The van der Waals surface area contributed by atoms with Crippen LogP contribution in [0.1, 0.15) is 28.9 Å². The van der Waals surface area contributed by atoms with Crippen LogP contribution in [0.4, 0.5) is 0 Å². The monoisotopic (exact) mass is 385 g/mol. The molecule has 0 saturated heterocycles. The Labute approximate surface area is 165 Å². The molecule has 1 aromatic carbocycles. The summed E-state index contributed by atoms with van der Waals surface area (Å²) in [4.78, 5) is 26.6. The van der Waals surface area contributed by atoms with Gasteiger partial charge in [0, 0.05) is 37.3 Å². The summed E-state index contributed by atoms with van der Waals surface area (Å²) in [6, 6.07) is 7.13. The molecule has 0 radical (unpaired) electrons. The van der Waals surface area contributed by atoms with Crippen LogP contribution in [0.2, 0.25) is 0 Å². The van der Waals surface area contributed by atoms with Crippen molar-refractivity contribution in [2.75, 3.05) is 14.2 Å². The fourth-order valence-corrected chi connectivity index (χ4v) is 3.83. The van der Waals surface area contributed by atoms with E-state index in [0.717, 1.165) is 22.5 Å². The molecule has 150 valence electrons. The van der Waals surface area contributed by atoms with Crippen molar-refractivity contribution in [3.63, 3.8) is 0 Å². The van der Waals surface area contributed by atoms with Gasteiger partial charge in [-0.3, -0.25) is 9.59 Å². The minimum Gasteiger partial charge on any atom is -0.493 e. The third-order valence-electron chi connectivity index (χ3n) is 5.45. The summed E-state index contributed by atoms with van der Waals surface area (Å²) in [7, 11) is 3.14. The summed E-state index contributed by atoms with van der Waals surface area (Å²) in [5, 5.41) is 0. The molecular formula is C21H27N3O4. The second-order valence-electron chi connectivity index (χ2n) is 7.14. The van der Waals surface area contributed by atoms with Gasteiger partial charge in [0.1, 0.15) is 6.04 Å². The number of benzene rings is 1. The van der Waals surface area contributed by atoms with E-state index >= 15 is 0 Å². The molecule has 0 fully saturated rings. The molecule has 2 aromatic rings. The first-order valence-electron chi connectivity index (χ1n) is 9.31. The molecule has 3 rings (SSSR count). The zero-order valence-corrected chi connectivity index (χ0v) is 16.8. The van der Waals surface area contributed by atoms with E-state index in [2.05, 4.69) is 4.57 Å². The van der Waals surface area contributed by atoms with Crippen molar-refractivity contribution in [2.24, 2.45) is 5.73 Å². The molecular weight excluding hydrogens is 358 g/mol. The average molecular weight is 385 g/mol. The van der Waals surface area contributed by atoms with Gasteiger partial charge in [-0.2, -0.15) is 0 Å². The van der Waals surface area contributed by atoms with Gasteiger partial charge >= 0.3 is 0 Å². The van der Waals surface area contributed by atoms with Crippen molar-refractivity contribution >= 4 is 11.8 Å². The van der Waals surface area contributed by atoms with Gasteiger partial charge in [0.2, 0.25) is 11.8 Å². The van der Waals surface area contributed by atoms with Gasteiger partial charge in [-0.15, -0.1) is 0 Å². The number of nitrogens with two attached hydrogens (primary N) is 1. The number of rotatable bonds is 6. The predicted octanol–water partition coefficient (Wildman–Crippen LogP) is 1.95. The largest absolute Gasteiger partial charge is 0.493 e. The number of hydrogen-bond acceptors (Lipinski definition) is 4. The molecule has 2 amide bonds. The molecule has 1 atom stereocenters. The number of carbonyl (C=O) groups is 2. The Kier molecular flexibility index (Phi) is 5.63. The lowest BCUT2D eigenvalue weighted by atomic mass is 9.92. The zero-order valence-electron chi connectivity index (χ0n) is 16.8. The van der Waals surface area contributed by atoms with E-state index in [4.69, 9.17) is 15.2 Å². The Hall–Kier alpha value is -2.96. The standard InChI is InChI=1S/C21H27N3O4/c1-13-5-6-14(2)23(13)8-7-20(25)24-12-16-11-19(28-4)18(27-3)10-15(16)9-17(24)21(22)26/h5-6,10-11,17H,7-9,12H2,1-4H3,(H2,22,26)/t17-/m1/s1. The summed E-state index contributed by atoms with van der Waals surface area (Å²) in [5.74, 6) is 0.617. The molecule has 0 spiro atoms. The fraction of sp³-hybridized carbons (Fsp3) is 0.429. The SMILES string of the molecule is COc1cc2c(cc1OC)CN(C(=O)CCn1c(C)ccc1C)[C@@H](C(N)=O)C2. The highest BCUT2D eigenvalue weighted by molar-refractivity contribution is 5.87. The van der Waals surface area contributed by atoms with Crippen LogP contribution in [-0.2, 0) is 29.1 Å². The van der Waals surface area contributed by atoms with E-state index in [1.54, 1.807) is 19.1 Å². The normalized spacial score (nSPS) is 15.9. The number of nitrogens with zero attached hydrogens (tertiary/aromatic N) is 2. The van der Waals surface area contributed by atoms with Gasteiger partial charge < -0.3 is 24.7 Å². The van der Waals surface area contributed by atoms with Crippen LogP contribution in [0.15, 0.2) is 24.3 Å². The van der Waals surface area contributed by atoms with Crippen LogP contribution >= 0.6 is 0 Å². The Morgan fingerprint density at radius 1 is 1.07 bits per heavy atom. The number of hydrogen-bond donors (Lipinski definition) is 1. The topological polar surface area (TPSA) is 86.8 Å². The highest BCUT2D eigenvalue weighted by atomic mass is 16.5. The third-order valence-corrected chi connectivity index (χ3v) is 5.45. The van der Waals surface area contributed by atoms with Crippen molar-refractivity contribution in [1.29, 1.82) is 0 Å².